The molecule has 98 valence electrons. The van der Waals surface area contributed by atoms with E-state index in [0.717, 1.165) is 5.39 Å². The van der Waals surface area contributed by atoms with Gasteiger partial charge in [0.1, 0.15) is 5.69 Å². The highest BCUT2D eigenvalue weighted by molar-refractivity contribution is 6.09. The zero-order chi connectivity index (χ0) is 14.0. The fourth-order valence-electron chi connectivity index (χ4n) is 1.96. The average molecular weight is 259 g/mol. The highest BCUT2D eigenvalue weighted by Gasteiger charge is 2.22. The van der Waals surface area contributed by atoms with E-state index >= 15 is 0 Å². The number of nitrogens with one attached hydrogen (secondary N) is 2. The maximum absolute atomic E-state index is 11.8. The smallest absolute Gasteiger partial charge is 0.284 e. The number of carbonyl (C=O) groups excluding carboxylic acids is 2. The quantitative estimate of drug-likeness (QED) is 0.336. The lowest BCUT2D eigenvalue weighted by atomic mass is 10.0. The molecule has 0 bridgehead atoms. The Balaban J connectivity index is 2.84. The Labute approximate surface area is 108 Å². The molecule has 2 rings (SSSR count). The minimum Gasteiger partial charge on any atom is -0.290 e. The van der Waals surface area contributed by atoms with Gasteiger partial charge in [-0.1, -0.05) is 18.2 Å². The van der Waals surface area contributed by atoms with E-state index < -0.39 is 11.8 Å². The molecule has 2 aromatic rings. The zero-order valence-corrected chi connectivity index (χ0v) is 10.2. The van der Waals surface area contributed by atoms with E-state index in [1.54, 1.807) is 19.1 Å². The Bertz CT molecular complexity index is 668. The minimum absolute atomic E-state index is 0.0540. The van der Waals surface area contributed by atoms with Crippen LogP contribution in [0.15, 0.2) is 24.3 Å². The third-order valence-corrected chi connectivity index (χ3v) is 2.86. The molecule has 0 aliphatic rings. The van der Waals surface area contributed by atoms with Gasteiger partial charge in [-0.15, -0.1) is 0 Å². The molecule has 7 heteroatoms. The predicted molar refractivity (Wildman–Crippen MR) is 69.8 cm³/mol. The molecule has 1 aromatic carbocycles. The SMILES string of the molecule is Cc1c(C(=O)NN)c(C(=O)NN)nc2ccccc12. The van der Waals surface area contributed by atoms with Gasteiger partial charge in [0.2, 0.25) is 0 Å². The zero-order valence-electron chi connectivity index (χ0n) is 10.2. The fraction of sp³-hybridized carbons (Fsp3) is 0.0833. The number of para-hydroxylation sites is 1. The first-order valence-corrected chi connectivity index (χ1v) is 5.51. The van der Waals surface area contributed by atoms with Crippen LogP contribution in [0, 0.1) is 6.92 Å². The molecule has 19 heavy (non-hydrogen) atoms. The Hall–Kier alpha value is -2.51. The molecule has 0 saturated heterocycles. The Morgan fingerprint density at radius 1 is 1.11 bits per heavy atom. The maximum Gasteiger partial charge on any atom is 0.284 e. The number of nitrogens with zero attached hydrogens (tertiary/aromatic N) is 1. The number of carbonyl (C=O) groups is 2. The van der Waals surface area contributed by atoms with Crippen LogP contribution < -0.4 is 22.5 Å². The summed E-state index contributed by atoms with van der Waals surface area (Å²) in [5.74, 6) is 9.01. The van der Waals surface area contributed by atoms with Gasteiger partial charge in [0, 0.05) is 5.39 Å². The summed E-state index contributed by atoms with van der Waals surface area (Å²) in [7, 11) is 0. The van der Waals surface area contributed by atoms with Crippen LogP contribution >= 0.6 is 0 Å². The standard InChI is InChI=1S/C12H13N5O2/c1-6-7-4-2-3-5-8(7)15-10(12(19)17-14)9(6)11(18)16-13/h2-5H,13-14H2,1H3,(H,16,18)(H,17,19). The number of aryl methyl sites for hydroxylation is 1. The van der Waals surface area contributed by atoms with Gasteiger partial charge in [-0.3, -0.25) is 20.4 Å². The Morgan fingerprint density at radius 3 is 2.37 bits per heavy atom. The molecule has 1 aromatic heterocycles. The molecule has 1 heterocycles. The van der Waals surface area contributed by atoms with Crippen LogP contribution in [0.5, 0.6) is 0 Å². The molecular formula is C12H13N5O2. The van der Waals surface area contributed by atoms with Crippen molar-refractivity contribution in [3.05, 3.63) is 41.1 Å². The van der Waals surface area contributed by atoms with Crippen molar-refractivity contribution in [2.45, 2.75) is 6.92 Å². The van der Waals surface area contributed by atoms with Gasteiger partial charge < -0.3 is 0 Å². The number of nitrogens with two attached hydrogens (primary N) is 2. The second kappa shape index (κ2) is 5.01. The lowest BCUT2D eigenvalue weighted by molar-refractivity contribution is 0.0915. The normalized spacial score (nSPS) is 10.3. The van der Waals surface area contributed by atoms with Crippen molar-refractivity contribution >= 4 is 22.7 Å². The molecule has 0 saturated carbocycles. The molecule has 2 amide bonds. The molecule has 0 aliphatic heterocycles. The van der Waals surface area contributed by atoms with E-state index in [9.17, 15) is 9.59 Å². The predicted octanol–water partition coefficient (Wildman–Crippen LogP) is -0.250. The Morgan fingerprint density at radius 2 is 1.74 bits per heavy atom. The molecule has 6 N–H and O–H groups in total. The molecule has 0 atom stereocenters. The number of hydrogen-bond acceptors (Lipinski definition) is 5. The summed E-state index contributed by atoms with van der Waals surface area (Å²) in [6, 6.07) is 7.18. The molecule has 0 radical (unpaired) electrons. The number of pyridine rings is 1. The van der Waals surface area contributed by atoms with Crippen molar-refractivity contribution in [1.82, 2.24) is 15.8 Å². The van der Waals surface area contributed by atoms with E-state index in [0.29, 0.717) is 11.1 Å². The number of aromatic nitrogens is 1. The fourth-order valence-corrected chi connectivity index (χ4v) is 1.96. The molecule has 0 unspecified atom stereocenters. The van der Waals surface area contributed by atoms with Crippen LogP contribution in [-0.2, 0) is 0 Å². The maximum atomic E-state index is 11.8. The number of hydrogen-bond donors (Lipinski definition) is 4. The number of nitrogen functional groups attached to an aromatic ring is 2. The van der Waals surface area contributed by atoms with Gasteiger partial charge in [-0.2, -0.15) is 0 Å². The summed E-state index contributed by atoms with van der Waals surface area (Å²) in [6.45, 7) is 1.72. The molecule has 7 nitrogen and oxygen atoms in total. The van der Waals surface area contributed by atoms with Crippen LogP contribution in [0.25, 0.3) is 10.9 Å². The summed E-state index contributed by atoms with van der Waals surface area (Å²) in [6.07, 6.45) is 0. The van der Waals surface area contributed by atoms with Crippen molar-refractivity contribution in [3.8, 4) is 0 Å². The molecular weight excluding hydrogens is 246 g/mol. The van der Waals surface area contributed by atoms with E-state index in [1.807, 2.05) is 23.0 Å². The van der Waals surface area contributed by atoms with Gasteiger partial charge in [-0.25, -0.2) is 16.7 Å². The van der Waals surface area contributed by atoms with Gasteiger partial charge in [0.25, 0.3) is 11.8 Å². The van der Waals surface area contributed by atoms with E-state index in [-0.39, 0.29) is 11.3 Å². The topological polar surface area (TPSA) is 123 Å². The summed E-state index contributed by atoms with van der Waals surface area (Å²) in [5, 5.41) is 0.773. The molecule has 0 spiro atoms. The summed E-state index contributed by atoms with van der Waals surface area (Å²) in [4.78, 5) is 27.7. The van der Waals surface area contributed by atoms with E-state index in [2.05, 4.69) is 4.98 Å². The summed E-state index contributed by atoms with van der Waals surface area (Å²) in [5.41, 5.74) is 5.26. The van der Waals surface area contributed by atoms with Crippen molar-refractivity contribution in [2.75, 3.05) is 0 Å². The van der Waals surface area contributed by atoms with E-state index in [4.69, 9.17) is 11.7 Å². The van der Waals surface area contributed by atoms with Crippen LogP contribution in [0.3, 0.4) is 0 Å². The number of hydrazine groups is 2. The third kappa shape index (κ3) is 2.12. The van der Waals surface area contributed by atoms with Crippen molar-refractivity contribution in [1.29, 1.82) is 0 Å². The average Bonchev–Trinajstić information content (AvgIpc) is 2.45. The van der Waals surface area contributed by atoms with Crippen molar-refractivity contribution in [2.24, 2.45) is 11.7 Å². The molecule has 0 aliphatic carbocycles. The number of amides is 2. The second-order valence-corrected chi connectivity index (χ2v) is 3.92. The van der Waals surface area contributed by atoms with Gasteiger partial charge >= 0.3 is 0 Å². The van der Waals surface area contributed by atoms with Crippen molar-refractivity contribution in [3.63, 3.8) is 0 Å². The third-order valence-electron chi connectivity index (χ3n) is 2.86. The lowest BCUT2D eigenvalue weighted by Gasteiger charge is -2.12. The monoisotopic (exact) mass is 259 g/mol. The number of benzene rings is 1. The number of fused-ring (bicyclic) bond motifs is 1. The highest BCUT2D eigenvalue weighted by atomic mass is 16.2. The lowest BCUT2D eigenvalue weighted by Crippen LogP contribution is -2.36. The summed E-state index contributed by atoms with van der Waals surface area (Å²) >= 11 is 0. The van der Waals surface area contributed by atoms with Crippen LogP contribution in [0.4, 0.5) is 0 Å². The van der Waals surface area contributed by atoms with Gasteiger partial charge in [0.15, 0.2) is 0 Å². The van der Waals surface area contributed by atoms with Crippen LogP contribution in [0.1, 0.15) is 26.4 Å². The van der Waals surface area contributed by atoms with Crippen molar-refractivity contribution < 1.29 is 9.59 Å². The number of rotatable bonds is 2. The van der Waals surface area contributed by atoms with Crippen LogP contribution in [-0.4, -0.2) is 16.8 Å². The summed E-state index contributed by atoms with van der Waals surface area (Å²) < 4.78 is 0. The van der Waals surface area contributed by atoms with Gasteiger partial charge in [-0.05, 0) is 18.6 Å². The first-order chi connectivity index (χ1) is 9.10. The second-order valence-electron chi connectivity index (χ2n) is 3.92. The first kappa shape index (κ1) is 12.9. The molecule has 0 fully saturated rings. The highest BCUT2D eigenvalue weighted by Crippen LogP contribution is 2.22. The minimum atomic E-state index is -0.646. The van der Waals surface area contributed by atoms with Crippen LogP contribution in [0.2, 0.25) is 0 Å². The largest absolute Gasteiger partial charge is 0.290 e. The first-order valence-electron chi connectivity index (χ1n) is 5.51. The van der Waals surface area contributed by atoms with Gasteiger partial charge in [0.05, 0.1) is 11.1 Å². The Kier molecular flexibility index (Phi) is 3.41. The van der Waals surface area contributed by atoms with E-state index in [1.165, 1.54) is 0 Å².